The number of hydrogen-bond donors (Lipinski definition) is 2. The number of aromatic nitrogens is 1. The molecule has 1 aliphatic carbocycles. The minimum atomic E-state index is -3.77. The molecule has 0 unspecified atom stereocenters. The van der Waals surface area contributed by atoms with Crippen LogP contribution in [0.25, 0.3) is 10.9 Å². The van der Waals surface area contributed by atoms with Crippen molar-refractivity contribution in [3.8, 4) is 0 Å². The van der Waals surface area contributed by atoms with Gasteiger partial charge in [0, 0.05) is 61.3 Å². The predicted molar refractivity (Wildman–Crippen MR) is 152 cm³/mol. The zero-order chi connectivity index (χ0) is 26.9. The van der Waals surface area contributed by atoms with Gasteiger partial charge in [-0.1, -0.05) is 11.1 Å². The van der Waals surface area contributed by atoms with E-state index in [0.717, 1.165) is 67.7 Å². The maximum atomic E-state index is 14.5. The highest BCUT2D eigenvalue weighted by Gasteiger charge is 2.31. The Morgan fingerprint density at radius 3 is 2.34 bits per heavy atom. The first-order chi connectivity index (χ1) is 18.2. The van der Waals surface area contributed by atoms with Gasteiger partial charge in [-0.2, -0.15) is 8.42 Å². The van der Waals surface area contributed by atoms with Crippen LogP contribution < -0.4 is 9.86 Å². The lowest BCUT2D eigenvalue weighted by atomic mass is 9.86. The lowest BCUT2D eigenvalue weighted by Gasteiger charge is -2.41. The molecular weight excluding hydrogens is 501 g/mol. The molecule has 3 N–H and O–H groups in total. The average molecular weight is 546 g/mol. The number of rotatable bonds is 8. The Labute approximate surface area is 227 Å². The summed E-state index contributed by atoms with van der Waals surface area (Å²) >= 11 is 0. The molecule has 38 heavy (non-hydrogen) atoms. The highest BCUT2D eigenvalue weighted by molar-refractivity contribution is 7.87. The van der Waals surface area contributed by atoms with Gasteiger partial charge in [-0.3, -0.25) is 4.90 Å². The van der Waals surface area contributed by atoms with Crippen LogP contribution >= 0.6 is 0 Å². The smallest absolute Gasteiger partial charge is 0.274 e. The third-order valence-electron chi connectivity index (χ3n) is 9.07. The third-order valence-corrected chi connectivity index (χ3v) is 9.68. The molecular formula is C29H44FN5O2S. The van der Waals surface area contributed by atoms with E-state index in [-0.39, 0.29) is 12.4 Å². The van der Waals surface area contributed by atoms with Crippen molar-refractivity contribution in [2.45, 2.75) is 90.3 Å². The molecule has 3 aliphatic rings. The quantitative estimate of drug-likeness (QED) is 0.474. The van der Waals surface area contributed by atoms with E-state index in [0.29, 0.717) is 18.5 Å². The summed E-state index contributed by atoms with van der Waals surface area (Å²) in [6.07, 6.45) is 9.95. The van der Waals surface area contributed by atoms with Crippen molar-refractivity contribution in [1.29, 1.82) is 0 Å². The van der Waals surface area contributed by atoms with Crippen molar-refractivity contribution < 1.29 is 12.8 Å². The van der Waals surface area contributed by atoms with Crippen molar-refractivity contribution in [2.75, 3.05) is 32.7 Å². The number of nitrogens with zero attached hydrogens (tertiary/aromatic N) is 3. The zero-order valence-electron chi connectivity index (χ0n) is 23.0. The van der Waals surface area contributed by atoms with Gasteiger partial charge in [-0.25, -0.2) is 14.3 Å². The van der Waals surface area contributed by atoms with Crippen molar-refractivity contribution in [3.63, 3.8) is 0 Å². The van der Waals surface area contributed by atoms with Crippen LogP contribution in [0.1, 0.15) is 82.5 Å². The highest BCUT2D eigenvalue weighted by atomic mass is 32.2. The molecule has 2 aliphatic heterocycles. The fourth-order valence-corrected chi connectivity index (χ4v) is 7.46. The van der Waals surface area contributed by atoms with Crippen LogP contribution in [0, 0.1) is 5.82 Å². The Morgan fingerprint density at radius 2 is 1.71 bits per heavy atom. The fourth-order valence-electron chi connectivity index (χ4n) is 7.07. The number of hydrogen-bond acceptors (Lipinski definition) is 4. The van der Waals surface area contributed by atoms with Crippen LogP contribution in [0.3, 0.4) is 0 Å². The fraction of sp³-hybridized carbons (Fsp3) is 0.655. The second-order valence-electron chi connectivity index (χ2n) is 11.7. The molecule has 0 spiro atoms. The first-order valence-corrected chi connectivity index (χ1v) is 15.9. The highest BCUT2D eigenvalue weighted by Crippen LogP contribution is 2.37. The Morgan fingerprint density at radius 1 is 1.03 bits per heavy atom. The van der Waals surface area contributed by atoms with Gasteiger partial charge in [0.05, 0.1) is 0 Å². The lowest BCUT2D eigenvalue weighted by Crippen LogP contribution is -2.43. The minimum absolute atomic E-state index is 0.227. The molecule has 0 atom stereocenters. The second-order valence-corrected chi connectivity index (χ2v) is 13.1. The maximum absolute atomic E-state index is 14.5. The van der Waals surface area contributed by atoms with Gasteiger partial charge in [0.1, 0.15) is 5.82 Å². The summed E-state index contributed by atoms with van der Waals surface area (Å²) in [6, 6.07) is 6.13. The van der Waals surface area contributed by atoms with Crippen LogP contribution in [-0.4, -0.2) is 61.6 Å². The number of fused-ring (bicyclic) bond motifs is 1. The summed E-state index contributed by atoms with van der Waals surface area (Å²) in [6.45, 7) is 9.71. The van der Waals surface area contributed by atoms with E-state index in [1.54, 1.807) is 17.7 Å². The molecule has 9 heteroatoms. The molecule has 3 fully saturated rings. The van der Waals surface area contributed by atoms with Crippen LogP contribution in [0.4, 0.5) is 4.39 Å². The summed E-state index contributed by atoms with van der Waals surface area (Å²) in [7, 11) is -3.77. The largest absolute Gasteiger partial charge is 0.341 e. The minimum Gasteiger partial charge on any atom is -0.341 e. The number of halogens is 1. The van der Waals surface area contributed by atoms with Crippen molar-refractivity contribution in [1.82, 2.24) is 19.1 Å². The summed E-state index contributed by atoms with van der Waals surface area (Å²) in [5.41, 5.74) is 6.47. The van der Waals surface area contributed by atoms with Crippen LogP contribution in [0.15, 0.2) is 29.3 Å². The maximum Gasteiger partial charge on any atom is 0.274 e. The zero-order valence-corrected chi connectivity index (χ0v) is 23.8. The Kier molecular flexibility index (Phi) is 8.60. The Balaban J connectivity index is 1.41. The molecule has 2 saturated heterocycles. The normalized spacial score (nSPS) is 22.5. The Bertz CT molecular complexity index is 1260. The number of nitrogens with two attached hydrogens (primary N) is 1. The van der Waals surface area contributed by atoms with E-state index in [4.69, 9.17) is 5.14 Å². The monoisotopic (exact) mass is 545 g/mol. The second kappa shape index (κ2) is 11.8. The lowest BCUT2D eigenvalue weighted by molar-refractivity contribution is 0.116. The summed E-state index contributed by atoms with van der Waals surface area (Å²) in [4.78, 5) is 5.13. The molecule has 1 aromatic carbocycles. The van der Waals surface area contributed by atoms with Crippen LogP contribution in [0.5, 0.6) is 0 Å². The van der Waals surface area contributed by atoms with Gasteiger partial charge in [-0.05, 0) is 102 Å². The topological polar surface area (TPSA) is 83.6 Å². The van der Waals surface area contributed by atoms with E-state index < -0.39 is 10.2 Å². The summed E-state index contributed by atoms with van der Waals surface area (Å²) in [5, 5.41) is 6.21. The molecule has 5 rings (SSSR count). The standard InChI is InChI=1S/C29H44FN5O2S/c1-21(2)22-5-8-24(9-6-22)34-17-12-25(13-18-34)35-28-10-7-23(30)19-26(28)27(20-33-15-3-4-16-33)29(35)11-14-32-38(31,36)37/h7,10,19,24-25,32H,3-6,8-9,11-18,20H2,1-2H3,(H2,31,36,37). The molecule has 1 saturated carbocycles. The molecule has 3 heterocycles. The third kappa shape index (κ3) is 6.33. The van der Waals surface area contributed by atoms with Crippen molar-refractivity contribution in [2.24, 2.45) is 5.14 Å². The van der Waals surface area contributed by atoms with Crippen LogP contribution in [0.2, 0.25) is 0 Å². The Hall–Kier alpha value is -1.78. The van der Waals surface area contributed by atoms with E-state index in [1.807, 2.05) is 6.07 Å². The van der Waals surface area contributed by atoms with Gasteiger partial charge in [0.25, 0.3) is 10.2 Å². The SMILES string of the molecule is CC(C)=C1CCC(N2CCC(n3c(CCNS(N)(=O)=O)c(CN4CCCC4)c4cc(F)ccc43)CC2)CC1. The number of nitrogens with one attached hydrogen (secondary N) is 1. The molecule has 1 aromatic heterocycles. The molecule has 2 aromatic rings. The number of benzene rings is 1. The summed E-state index contributed by atoms with van der Waals surface area (Å²) in [5.74, 6) is -0.227. The first-order valence-electron chi connectivity index (χ1n) is 14.4. The van der Waals surface area contributed by atoms with Gasteiger partial charge >= 0.3 is 0 Å². The summed E-state index contributed by atoms with van der Waals surface area (Å²) < 4.78 is 42.7. The van der Waals surface area contributed by atoms with Crippen LogP contribution in [-0.2, 0) is 23.2 Å². The average Bonchev–Trinajstić information content (AvgIpc) is 3.50. The van der Waals surface area contributed by atoms with E-state index >= 15 is 0 Å². The molecule has 0 bridgehead atoms. The molecule has 0 radical (unpaired) electrons. The van der Waals surface area contributed by atoms with E-state index in [1.165, 1.54) is 44.1 Å². The number of allylic oxidation sites excluding steroid dienone is 2. The van der Waals surface area contributed by atoms with Gasteiger partial charge in [0.15, 0.2) is 0 Å². The molecule has 7 nitrogen and oxygen atoms in total. The van der Waals surface area contributed by atoms with Gasteiger partial charge in [-0.15, -0.1) is 0 Å². The predicted octanol–water partition coefficient (Wildman–Crippen LogP) is 4.63. The van der Waals surface area contributed by atoms with Crippen molar-refractivity contribution >= 4 is 21.1 Å². The van der Waals surface area contributed by atoms with Gasteiger partial charge < -0.3 is 9.47 Å². The molecule has 210 valence electrons. The van der Waals surface area contributed by atoms with Crippen molar-refractivity contribution in [3.05, 3.63) is 46.4 Å². The van der Waals surface area contributed by atoms with E-state index in [9.17, 15) is 12.8 Å². The number of piperidine rings is 1. The molecule has 0 amide bonds. The van der Waals surface area contributed by atoms with Gasteiger partial charge in [0.2, 0.25) is 0 Å². The van der Waals surface area contributed by atoms with E-state index in [2.05, 4.69) is 32.9 Å². The first kappa shape index (κ1) is 27.8. The number of likely N-dealkylation sites (tertiary alicyclic amines) is 2.